The van der Waals surface area contributed by atoms with Crippen LogP contribution in [0.4, 0.5) is 4.39 Å². The number of hydrogen-bond donors (Lipinski definition) is 1. The highest BCUT2D eigenvalue weighted by atomic mass is 19.1. The predicted molar refractivity (Wildman–Crippen MR) is 85.2 cm³/mol. The Kier molecular flexibility index (Phi) is 4.43. The van der Waals surface area contributed by atoms with Gasteiger partial charge in [-0.05, 0) is 43.1 Å². The zero-order chi connectivity index (χ0) is 16.3. The molecule has 122 valence electrons. The topological polar surface area (TPSA) is 50.2 Å². The van der Waals surface area contributed by atoms with Crippen LogP contribution in [0.15, 0.2) is 42.7 Å². The van der Waals surface area contributed by atoms with Crippen molar-refractivity contribution in [3.05, 3.63) is 54.1 Å². The van der Waals surface area contributed by atoms with Crippen molar-refractivity contribution in [1.82, 2.24) is 20.0 Å². The number of likely N-dealkylation sites (N-methyl/N-ethyl adjacent to an activating group) is 1. The minimum atomic E-state index is -0.684. The molecule has 1 unspecified atom stereocenters. The molecule has 0 radical (unpaired) electrons. The minimum absolute atomic E-state index is 0.0231. The molecule has 1 aromatic heterocycles. The lowest BCUT2D eigenvalue weighted by Crippen LogP contribution is -2.57. The lowest BCUT2D eigenvalue weighted by molar-refractivity contribution is -0.133. The van der Waals surface area contributed by atoms with Crippen molar-refractivity contribution < 1.29 is 9.18 Å². The number of halogens is 1. The van der Waals surface area contributed by atoms with E-state index < -0.39 is 5.54 Å². The molecule has 0 bridgehead atoms. The number of piperidine rings is 1. The molecule has 1 atom stereocenters. The second-order valence-corrected chi connectivity index (χ2v) is 6.00. The normalized spacial score (nSPS) is 22.0. The predicted octanol–water partition coefficient (Wildman–Crippen LogP) is 1.76. The van der Waals surface area contributed by atoms with Crippen LogP contribution in [0.1, 0.15) is 18.4 Å². The molecule has 3 rings (SSSR count). The van der Waals surface area contributed by atoms with Crippen LogP contribution in [0.2, 0.25) is 0 Å². The molecule has 1 saturated heterocycles. The number of carbonyl (C=O) groups is 1. The van der Waals surface area contributed by atoms with Gasteiger partial charge in [0.05, 0.1) is 0 Å². The maximum absolute atomic E-state index is 13.0. The van der Waals surface area contributed by atoms with Crippen molar-refractivity contribution in [2.24, 2.45) is 0 Å². The second-order valence-electron chi connectivity index (χ2n) is 6.00. The Balaban J connectivity index is 1.82. The first kappa shape index (κ1) is 15.7. The first-order valence-corrected chi connectivity index (χ1v) is 7.83. The van der Waals surface area contributed by atoms with Crippen LogP contribution in [0.5, 0.6) is 0 Å². The van der Waals surface area contributed by atoms with E-state index in [4.69, 9.17) is 0 Å². The van der Waals surface area contributed by atoms with Gasteiger partial charge in [0.25, 0.3) is 0 Å². The van der Waals surface area contributed by atoms with E-state index in [2.05, 4.69) is 15.3 Å². The van der Waals surface area contributed by atoms with Crippen LogP contribution in [-0.2, 0) is 16.9 Å². The molecule has 6 heteroatoms. The quantitative estimate of drug-likeness (QED) is 0.935. The molecule has 1 aromatic carbocycles. The fourth-order valence-corrected chi connectivity index (χ4v) is 3.34. The fourth-order valence-electron chi connectivity index (χ4n) is 3.34. The Morgan fingerprint density at radius 2 is 2.17 bits per heavy atom. The van der Waals surface area contributed by atoms with Gasteiger partial charge in [-0.3, -0.25) is 14.4 Å². The first-order valence-electron chi connectivity index (χ1n) is 7.83. The van der Waals surface area contributed by atoms with E-state index in [1.165, 1.54) is 12.1 Å². The molecule has 5 nitrogen and oxygen atoms in total. The van der Waals surface area contributed by atoms with E-state index in [1.807, 2.05) is 12.3 Å². The SMILES string of the molecule is CNC(=O)C1(n2cccn2)CCCN(Cc2ccc(F)cc2)C1. The van der Waals surface area contributed by atoms with Gasteiger partial charge >= 0.3 is 0 Å². The van der Waals surface area contributed by atoms with Crippen molar-refractivity contribution >= 4 is 5.91 Å². The molecule has 1 aliphatic heterocycles. The highest BCUT2D eigenvalue weighted by Crippen LogP contribution is 2.29. The van der Waals surface area contributed by atoms with E-state index >= 15 is 0 Å². The second kappa shape index (κ2) is 6.50. The van der Waals surface area contributed by atoms with Gasteiger partial charge in [-0.2, -0.15) is 5.10 Å². The van der Waals surface area contributed by atoms with Gasteiger partial charge in [-0.1, -0.05) is 12.1 Å². The highest BCUT2D eigenvalue weighted by molar-refractivity contribution is 5.84. The summed E-state index contributed by atoms with van der Waals surface area (Å²) in [7, 11) is 1.66. The largest absolute Gasteiger partial charge is 0.357 e. The monoisotopic (exact) mass is 316 g/mol. The molecule has 0 spiro atoms. The molecular formula is C17H21FN4O. The van der Waals surface area contributed by atoms with Crippen molar-refractivity contribution in [1.29, 1.82) is 0 Å². The molecule has 0 saturated carbocycles. The van der Waals surface area contributed by atoms with E-state index in [0.717, 1.165) is 24.9 Å². The average molecular weight is 316 g/mol. The zero-order valence-corrected chi connectivity index (χ0v) is 13.2. The van der Waals surface area contributed by atoms with Gasteiger partial charge in [0.1, 0.15) is 5.82 Å². The number of nitrogens with one attached hydrogen (secondary N) is 1. The lowest BCUT2D eigenvalue weighted by atomic mass is 9.87. The molecule has 2 aromatic rings. The number of amides is 1. The zero-order valence-electron chi connectivity index (χ0n) is 13.2. The highest BCUT2D eigenvalue weighted by Gasteiger charge is 2.43. The molecule has 1 aliphatic rings. The fraction of sp³-hybridized carbons (Fsp3) is 0.412. The maximum atomic E-state index is 13.0. The number of carbonyl (C=O) groups excluding carboxylic acids is 1. The van der Waals surface area contributed by atoms with E-state index in [-0.39, 0.29) is 11.7 Å². The van der Waals surface area contributed by atoms with Gasteiger partial charge in [-0.25, -0.2) is 4.39 Å². The van der Waals surface area contributed by atoms with Crippen molar-refractivity contribution in [2.75, 3.05) is 20.1 Å². The van der Waals surface area contributed by atoms with Gasteiger partial charge in [0.2, 0.25) is 5.91 Å². The van der Waals surface area contributed by atoms with E-state index in [0.29, 0.717) is 13.1 Å². The summed E-state index contributed by atoms with van der Waals surface area (Å²) in [5.41, 5.74) is 0.357. The van der Waals surface area contributed by atoms with Crippen LogP contribution in [0.25, 0.3) is 0 Å². The molecule has 1 N–H and O–H groups in total. The third-order valence-electron chi connectivity index (χ3n) is 4.46. The Labute approximate surface area is 135 Å². The first-order chi connectivity index (χ1) is 11.1. The van der Waals surface area contributed by atoms with Crippen LogP contribution < -0.4 is 5.32 Å². The molecule has 1 fully saturated rings. The molecular weight excluding hydrogens is 295 g/mol. The minimum Gasteiger partial charge on any atom is -0.357 e. The summed E-state index contributed by atoms with van der Waals surface area (Å²) < 4.78 is 14.8. The summed E-state index contributed by atoms with van der Waals surface area (Å²) in [6.45, 7) is 2.20. The molecule has 23 heavy (non-hydrogen) atoms. The average Bonchev–Trinajstić information content (AvgIpc) is 3.11. The van der Waals surface area contributed by atoms with Gasteiger partial charge in [-0.15, -0.1) is 0 Å². The third-order valence-corrected chi connectivity index (χ3v) is 4.46. The number of rotatable bonds is 4. The van der Waals surface area contributed by atoms with Crippen LogP contribution >= 0.6 is 0 Å². The van der Waals surface area contributed by atoms with Crippen molar-refractivity contribution in [2.45, 2.75) is 24.9 Å². The molecule has 2 heterocycles. The molecule has 1 amide bonds. The van der Waals surface area contributed by atoms with E-state index in [1.54, 1.807) is 30.1 Å². The van der Waals surface area contributed by atoms with Gasteiger partial charge < -0.3 is 5.32 Å². The standard InChI is InChI=1S/C17H21FN4O/c1-19-16(23)17(22-11-3-9-20-22)8-2-10-21(13-17)12-14-4-6-15(18)7-5-14/h3-7,9,11H,2,8,10,12-13H2,1H3,(H,19,23). The summed E-state index contributed by atoms with van der Waals surface area (Å²) in [6.07, 6.45) is 5.21. The smallest absolute Gasteiger partial charge is 0.249 e. The van der Waals surface area contributed by atoms with Crippen LogP contribution in [0, 0.1) is 5.82 Å². The number of aromatic nitrogens is 2. The number of benzene rings is 1. The Morgan fingerprint density at radius 1 is 1.39 bits per heavy atom. The van der Waals surface area contributed by atoms with Crippen LogP contribution in [-0.4, -0.2) is 40.7 Å². The Bertz CT molecular complexity index is 656. The number of likely N-dealkylation sites (tertiary alicyclic amines) is 1. The number of nitrogens with zero attached hydrogens (tertiary/aromatic N) is 3. The summed E-state index contributed by atoms with van der Waals surface area (Å²) >= 11 is 0. The van der Waals surface area contributed by atoms with Gasteiger partial charge in [0, 0.05) is 32.5 Å². The summed E-state index contributed by atoms with van der Waals surface area (Å²) in [5.74, 6) is -0.256. The summed E-state index contributed by atoms with van der Waals surface area (Å²) in [6, 6.07) is 8.36. The van der Waals surface area contributed by atoms with Crippen LogP contribution in [0.3, 0.4) is 0 Å². The summed E-state index contributed by atoms with van der Waals surface area (Å²) in [4.78, 5) is 14.8. The third kappa shape index (κ3) is 3.12. The number of hydrogen-bond acceptors (Lipinski definition) is 3. The Morgan fingerprint density at radius 3 is 2.83 bits per heavy atom. The lowest BCUT2D eigenvalue weighted by Gasteiger charge is -2.41. The maximum Gasteiger partial charge on any atom is 0.249 e. The Hall–Kier alpha value is -2.21. The molecule has 0 aliphatic carbocycles. The van der Waals surface area contributed by atoms with Gasteiger partial charge in [0.15, 0.2) is 5.54 Å². The summed E-state index contributed by atoms with van der Waals surface area (Å²) in [5, 5.41) is 7.09. The van der Waals surface area contributed by atoms with Crippen molar-refractivity contribution in [3.8, 4) is 0 Å². The van der Waals surface area contributed by atoms with E-state index in [9.17, 15) is 9.18 Å². The van der Waals surface area contributed by atoms with Crippen molar-refractivity contribution in [3.63, 3.8) is 0 Å².